The Labute approximate surface area is 104 Å². The number of aliphatic hydroxyl groups excluding tert-OH is 1. The lowest BCUT2D eigenvalue weighted by molar-refractivity contribution is 0.186. The number of hydrogen-bond acceptors (Lipinski definition) is 5. The van der Waals surface area contributed by atoms with E-state index < -0.39 is 10.0 Å². The fourth-order valence-corrected chi connectivity index (χ4v) is 4.14. The molecule has 0 aromatic carbocycles. The van der Waals surface area contributed by atoms with Crippen molar-refractivity contribution in [2.75, 3.05) is 19.8 Å². The minimum Gasteiger partial charge on any atom is -0.391 e. The van der Waals surface area contributed by atoms with Crippen LogP contribution in [0.2, 0.25) is 0 Å². The minimum atomic E-state index is -3.50. The van der Waals surface area contributed by atoms with Crippen molar-refractivity contribution in [2.24, 2.45) is 5.92 Å². The van der Waals surface area contributed by atoms with E-state index in [2.05, 4.69) is 4.72 Å². The van der Waals surface area contributed by atoms with Gasteiger partial charge in [-0.15, -0.1) is 11.3 Å². The molecule has 1 atom stereocenters. The van der Waals surface area contributed by atoms with Crippen LogP contribution in [0.25, 0.3) is 0 Å². The molecule has 0 bridgehead atoms. The molecule has 1 saturated heterocycles. The zero-order valence-electron chi connectivity index (χ0n) is 9.26. The third-order valence-corrected chi connectivity index (χ3v) is 5.27. The first-order chi connectivity index (χ1) is 8.13. The van der Waals surface area contributed by atoms with Crippen molar-refractivity contribution in [3.8, 4) is 0 Å². The van der Waals surface area contributed by atoms with E-state index in [0.717, 1.165) is 6.42 Å². The molecule has 0 saturated carbocycles. The van der Waals surface area contributed by atoms with Crippen LogP contribution in [-0.4, -0.2) is 33.3 Å². The molecule has 96 valence electrons. The van der Waals surface area contributed by atoms with Crippen molar-refractivity contribution in [3.05, 3.63) is 16.3 Å². The smallest absolute Gasteiger partial charge is 0.241 e. The molecule has 1 aliphatic rings. The lowest BCUT2D eigenvalue weighted by atomic mass is 10.1. The summed E-state index contributed by atoms with van der Waals surface area (Å²) in [7, 11) is -3.50. The van der Waals surface area contributed by atoms with Crippen LogP contribution in [0.15, 0.2) is 16.3 Å². The highest BCUT2D eigenvalue weighted by Gasteiger charge is 2.22. The normalized spacial score (nSPS) is 20.9. The van der Waals surface area contributed by atoms with Gasteiger partial charge in [0.05, 0.1) is 18.1 Å². The van der Waals surface area contributed by atoms with Gasteiger partial charge in [0.1, 0.15) is 0 Å². The highest BCUT2D eigenvalue weighted by Crippen LogP contribution is 2.22. The van der Waals surface area contributed by atoms with Gasteiger partial charge in [-0.25, -0.2) is 13.1 Å². The molecule has 5 nitrogen and oxygen atoms in total. The summed E-state index contributed by atoms with van der Waals surface area (Å²) in [6.07, 6.45) is 0.888. The molecule has 7 heteroatoms. The van der Waals surface area contributed by atoms with E-state index in [4.69, 9.17) is 9.84 Å². The van der Waals surface area contributed by atoms with Crippen LogP contribution in [0.4, 0.5) is 0 Å². The van der Waals surface area contributed by atoms with Crippen LogP contribution in [0.5, 0.6) is 0 Å². The van der Waals surface area contributed by atoms with Crippen molar-refractivity contribution in [3.63, 3.8) is 0 Å². The van der Waals surface area contributed by atoms with Gasteiger partial charge < -0.3 is 9.84 Å². The minimum absolute atomic E-state index is 0.184. The molecule has 0 spiro atoms. The maximum atomic E-state index is 12.0. The third kappa shape index (κ3) is 3.05. The molecule has 0 aliphatic carbocycles. The van der Waals surface area contributed by atoms with Crippen LogP contribution in [0, 0.1) is 5.92 Å². The Balaban J connectivity index is 2.03. The molecular formula is C10H15NO4S2. The van der Waals surface area contributed by atoms with E-state index in [1.165, 1.54) is 17.4 Å². The number of rotatable bonds is 5. The third-order valence-electron chi connectivity index (χ3n) is 2.72. The number of aliphatic hydroxyl groups is 1. The van der Waals surface area contributed by atoms with Crippen LogP contribution < -0.4 is 4.72 Å². The fraction of sp³-hybridized carbons (Fsp3) is 0.600. The highest BCUT2D eigenvalue weighted by atomic mass is 32.2. The summed E-state index contributed by atoms with van der Waals surface area (Å²) in [6.45, 7) is 1.45. The van der Waals surface area contributed by atoms with Crippen molar-refractivity contribution in [2.45, 2.75) is 17.9 Å². The number of hydrogen-bond donors (Lipinski definition) is 2. The molecular weight excluding hydrogens is 262 g/mol. The summed E-state index contributed by atoms with van der Waals surface area (Å²) >= 11 is 1.24. The lowest BCUT2D eigenvalue weighted by Crippen LogP contribution is -2.29. The van der Waals surface area contributed by atoms with Gasteiger partial charge in [0.2, 0.25) is 10.0 Å². The van der Waals surface area contributed by atoms with Crippen LogP contribution >= 0.6 is 11.3 Å². The first-order valence-corrected chi connectivity index (χ1v) is 7.74. The quantitative estimate of drug-likeness (QED) is 0.824. The average Bonchev–Trinajstić information content (AvgIpc) is 2.97. The zero-order valence-corrected chi connectivity index (χ0v) is 10.9. The SMILES string of the molecule is O=S(=O)(NCC1CCOC1)c1ccsc1CO. The lowest BCUT2D eigenvalue weighted by Gasteiger charge is -2.10. The summed E-state index contributed by atoms with van der Waals surface area (Å²) in [5, 5.41) is 10.7. The van der Waals surface area contributed by atoms with Gasteiger partial charge in [0.15, 0.2) is 0 Å². The second-order valence-electron chi connectivity index (χ2n) is 3.95. The Morgan fingerprint density at radius 2 is 2.41 bits per heavy atom. The molecule has 2 N–H and O–H groups in total. The van der Waals surface area contributed by atoms with Gasteiger partial charge in [-0.05, 0) is 23.8 Å². The standard InChI is InChI=1S/C10H15NO4S2/c12-6-9-10(2-4-16-9)17(13,14)11-5-8-1-3-15-7-8/h2,4,8,11-12H,1,3,5-7H2. The first kappa shape index (κ1) is 13.0. The van der Waals surface area contributed by atoms with Crippen LogP contribution in [-0.2, 0) is 21.4 Å². The molecule has 2 rings (SSSR count). The van der Waals surface area contributed by atoms with Gasteiger partial charge in [-0.3, -0.25) is 0 Å². The van der Waals surface area contributed by atoms with Crippen molar-refractivity contribution in [1.82, 2.24) is 4.72 Å². The predicted molar refractivity (Wildman–Crippen MR) is 64.4 cm³/mol. The fourth-order valence-electron chi connectivity index (χ4n) is 1.73. The van der Waals surface area contributed by atoms with Crippen molar-refractivity contribution in [1.29, 1.82) is 0 Å². The number of thiophene rings is 1. The monoisotopic (exact) mass is 277 g/mol. The van der Waals surface area contributed by atoms with E-state index in [1.54, 1.807) is 5.38 Å². The average molecular weight is 277 g/mol. The van der Waals surface area contributed by atoms with Gasteiger partial charge >= 0.3 is 0 Å². The molecule has 1 aromatic rings. The summed E-state index contributed by atoms with van der Waals surface area (Å²) in [6, 6.07) is 1.52. The number of nitrogens with one attached hydrogen (secondary N) is 1. The largest absolute Gasteiger partial charge is 0.391 e. The molecule has 0 radical (unpaired) electrons. The van der Waals surface area contributed by atoms with Gasteiger partial charge in [0, 0.05) is 18.0 Å². The Morgan fingerprint density at radius 3 is 3.06 bits per heavy atom. The Morgan fingerprint density at radius 1 is 1.59 bits per heavy atom. The van der Waals surface area contributed by atoms with Crippen LogP contribution in [0.3, 0.4) is 0 Å². The number of ether oxygens (including phenoxy) is 1. The summed E-state index contributed by atoms with van der Waals surface area (Å²) in [5.41, 5.74) is 0. The first-order valence-electron chi connectivity index (χ1n) is 5.38. The Kier molecular flexibility index (Phi) is 4.16. The van der Waals surface area contributed by atoms with E-state index in [-0.39, 0.29) is 17.4 Å². The Hall–Kier alpha value is -0.470. The number of sulfonamides is 1. The summed E-state index contributed by atoms with van der Waals surface area (Å²) in [5.74, 6) is 0.251. The van der Waals surface area contributed by atoms with E-state index in [1.807, 2.05) is 0 Å². The molecule has 1 aromatic heterocycles. The molecule has 0 amide bonds. The summed E-state index contributed by atoms with van der Waals surface area (Å²) in [4.78, 5) is 0.657. The van der Waals surface area contributed by atoms with Gasteiger partial charge in [-0.1, -0.05) is 0 Å². The maximum Gasteiger partial charge on any atom is 0.241 e. The zero-order chi connectivity index (χ0) is 12.3. The van der Waals surface area contributed by atoms with Gasteiger partial charge in [-0.2, -0.15) is 0 Å². The highest BCUT2D eigenvalue weighted by molar-refractivity contribution is 7.89. The molecule has 1 fully saturated rings. The molecule has 2 heterocycles. The Bertz CT molecular complexity index is 462. The predicted octanol–water partition coefficient (Wildman–Crippen LogP) is 0.555. The van der Waals surface area contributed by atoms with E-state index >= 15 is 0 Å². The van der Waals surface area contributed by atoms with E-state index in [9.17, 15) is 8.42 Å². The maximum absolute atomic E-state index is 12.0. The van der Waals surface area contributed by atoms with E-state index in [0.29, 0.717) is 24.6 Å². The molecule has 17 heavy (non-hydrogen) atoms. The molecule has 1 aliphatic heterocycles. The van der Waals surface area contributed by atoms with Crippen LogP contribution in [0.1, 0.15) is 11.3 Å². The second-order valence-corrected chi connectivity index (χ2v) is 6.68. The topological polar surface area (TPSA) is 75.6 Å². The second kappa shape index (κ2) is 5.45. The van der Waals surface area contributed by atoms with Gasteiger partial charge in [0.25, 0.3) is 0 Å². The van der Waals surface area contributed by atoms with Crippen molar-refractivity contribution >= 4 is 21.4 Å². The summed E-state index contributed by atoms with van der Waals surface area (Å²) < 4.78 is 31.7. The molecule has 1 unspecified atom stereocenters. The van der Waals surface area contributed by atoms with Crippen molar-refractivity contribution < 1.29 is 18.3 Å².